The van der Waals surface area contributed by atoms with E-state index in [1.54, 1.807) is 0 Å². The Morgan fingerprint density at radius 2 is 1.52 bits per heavy atom. The van der Waals surface area contributed by atoms with Crippen LogP contribution in [0.5, 0.6) is 0 Å². The molecular formula is C28H39N. The van der Waals surface area contributed by atoms with Gasteiger partial charge in [0.15, 0.2) is 0 Å². The van der Waals surface area contributed by atoms with Crippen LogP contribution in [0.4, 0.5) is 5.69 Å². The van der Waals surface area contributed by atoms with Gasteiger partial charge in [0.05, 0.1) is 5.54 Å². The topological polar surface area (TPSA) is 3.24 Å². The van der Waals surface area contributed by atoms with Gasteiger partial charge in [0.1, 0.15) is 0 Å². The van der Waals surface area contributed by atoms with E-state index in [2.05, 4.69) is 128 Å². The first kappa shape index (κ1) is 24.5. The number of aryl methyl sites for hydroxylation is 2. The number of hydrogen-bond donors (Lipinski definition) is 0. The van der Waals surface area contributed by atoms with E-state index in [0.29, 0.717) is 0 Å². The molecule has 0 aliphatic heterocycles. The molecule has 1 rings (SSSR count). The standard InChI is InChI=1S/C28H39N/c1-11-13-15-26(14-12-2)28(9,10)29(25(8)18-22(5)16-21(3)4)27-19-23(6)17-24(7)20-27/h11-20H,3H2,1-2,4-10H3/b13-11-,14-12-,22-16-,25-18+,26-15-. The molecule has 29 heavy (non-hydrogen) atoms. The van der Waals surface area contributed by atoms with E-state index in [0.717, 1.165) is 5.57 Å². The predicted octanol–water partition coefficient (Wildman–Crippen LogP) is 8.39. The van der Waals surface area contributed by atoms with Gasteiger partial charge in [-0.25, -0.2) is 0 Å². The Hall–Kier alpha value is -2.54. The number of nitrogens with zero attached hydrogens (tertiary/aromatic N) is 1. The lowest BCUT2D eigenvalue weighted by atomic mass is 9.89. The van der Waals surface area contributed by atoms with Gasteiger partial charge in [-0.05, 0) is 103 Å². The van der Waals surface area contributed by atoms with Crippen molar-refractivity contribution in [3.8, 4) is 0 Å². The fraction of sp³-hybridized carbons (Fsp3) is 0.357. The van der Waals surface area contributed by atoms with Crippen LogP contribution in [-0.4, -0.2) is 5.54 Å². The molecule has 0 aromatic heterocycles. The molecule has 1 aromatic rings. The lowest BCUT2D eigenvalue weighted by Gasteiger charge is -2.42. The second-order valence-corrected chi connectivity index (χ2v) is 8.41. The molecule has 0 heterocycles. The number of benzene rings is 1. The molecule has 0 atom stereocenters. The Balaban J connectivity index is 3.74. The maximum absolute atomic E-state index is 4.02. The molecule has 0 radical (unpaired) electrons. The van der Waals surface area contributed by atoms with Gasteiger partial charge in [0.25, 0.3) is 0 Å². The fourth-order valence-corrected chi connectivity index (χ4v) is 3.84. The van der Waals surface area contributed by atoms with E-state index in [1.165, 1.54) is 33.7 Å². The number of hydrogen-bond acceptors (Lipinski definition) is 1. The maximum Gasteiger partial charge on any atom is 0.0642 e. The molecule has 0 unspecified atom stereocenters. The zero-order valence-corrected chi connectivity index (χ0v) is 19.9. The molecule has 0 bridgehead atoms. The average Bonchev–Trinajstić information content (AvgIpc) is 2.56. The minimum Gasteiger partial charge on any atom is -0.336 e. The second-order valence-electron chi connectivity index (χ2n) is 8.41. The Morgan fingerprint density at radius 1 is 0.931 bits per heavy atom. The lowest BCUT2D eigenvalue weighted by Crippen LogP contribution is -2.44. The number of anilines is 1. The lowest BCUT2D eigenvalue weighted by molar-refractivity contribution is 0.581. The van der Waals surface area contributed by atoms with Crippen molar-refractivity contribution in [2.75, 3.05) is 4.90 Å². The zero-order valence-electron chi connectivity index (χ0n) is 19.9. The summed E-state index contributed by atoms with van der Waals surface area (Å²) in [7, 11) is 0. The molecule has 156 valence electrons. The highest BCUT2D eigenvalue weighted by Gasteiger charge is 2.31. The van der Waals surface area contributed by atoms with Crippen molar-refractivity contribution in [1.82, 2.24) is 0 Å². The smallest absolute Gasteiger partial charge is 0.0642 e. The first-order valence-electron chi connectivity index (χ1n) is 10.4. The van der Waals surface area contributed by atoms with Gasteiger partial charge in [0.2, 0.25) is 0 Å². The minimum absolute atomic E-state index is 0.240. The Morgan fingerprint density at radius 3 is 2.00 bits per heavy atom. The number of allylic oxidation sites excluding steroid dienone is 9. The molecule has 0 saturated carbocycles. The fourth-order valence-electron chi connectivity index (χ4n) is 3.84. The second kappa shape index (κ2) is 10.9. The van der Waals surface area contributed by atoms with Crippen molar-refractivity contribution in [1.29, 1.82) is 0 Å². The average molecular weight is 390 g/mol. The van der Waals surface area contributed by atoms with Gasteiger partial charge < -0.3 is 4.90 Å². The zero-order chi connectivity index (χ0) is 22.2. The summed E-state index contributed by atoms with van der Waals surface area (Å²) in [5.74, 6) is 0. The molecular weight excluding hydrogens is 350 g/mol. The van der Waals surface area contributed by atoms with Crippen LogP contribution in [0.3, 0.4) is 0 Å². The van der Waals surface area contributed by atoms with Gasteiger partial charge in [-0.3, -0.25) is 0 Å². The predicted molar refractivity (Wildman–Crippen MR) is 133 cm³/mol. The van der Waals surface area contributed by atoms with Gasteiger partial charge >= 0.3 is 0 Å². The minimum atomic E-state index is -0.240. The molecule has 1 nitrogen and oxygen atoms in total. The van der Waals surface area contributed by atoms with E-state index < -0.39 is 0 Å². The van der Waals surface area contributed by atoms with Crippen LogP contribution in [0.25, 0.3) is 0 Å². The third-order valence-corrected chi connectivity index (χ3v) is 4.81. The molecule has 0 amide bonds. The van der Waals surface area contributed by atoms with E-state index in [1.807, 2.05) is 6.92 Å². The van der Waals surface area contributed by atoms with Crippen LogP contribution < -0.4 is 4.90 Å². The van der Waals surface area contributed by atoms with Crippen molar-refractivity contribution in [3.63, 3.8) is 0 Å². The maximum atomic E-state index is 4.02. The highest BCUT2D eigenvalue weighted by atomic mass is 15.2. The van der Waals surface area contributed by atoms with Crippen molar-refractivity contribution in [3.05, 3.63) is 101 Å². The molecule has 0 saturated heterocycles. The van der Waals surface area contributed by atoms with E-state index in [-0.39, 0.29) is 5.54 Å². The third kappa shape index (κ3) is 7.09. The quantitative estimate of drug-likeness (QED) is 0.403. The summed E-state index contributed by atoms with van der Waals surface area (Å²) in [6.07, 6.45) is 15.1. The summed E-state index contributed by atoms with van der Waals surface area (Å²) in [5.41, 5.74) is 8.23. The molecule has 1 aromatic carbocycles. The summed E-state index contributed by atoms with van der Waals surface area (Å²) in [6, 6.07) is 6.77. The van der Waals surface area contributed by atoms with Crippen molar-refractivity contribution in [2.24, 2.45) is 0 Å². The van der Waals surface area contributed by atoms with Crippen LogP contribution in [0.15, 0.2) is 89.7 Å². The van der Waals surface area contributed by atoms with Crippen LogP contribution in [0.1, 0.15) is 59.6 Å². The van der Waals surface area contributed by atoms with E-state index in [9.17, 15) is 0 Å². The Labute approximate surface area is 179 Å². The third-order valence-electron chi connectivity index (χ3n) is 4.81. The van der Waals surface area contributed by atoms with E-state index in [4.69, 9.17) is 0 Å². The van der Waals surface area contributed by atoms with Gasteiger partial charge in [0, 0.05) is 11.4 Å². The van der Waals surface area contributed by atoms with Crippen LogP contribution >= 0.6 is 0 Å². The largest absolute Gasteiger partial charge is 0.336 e. The van der Waals surface area contributed by atoms with Crippen molar-refractivity contribution in [2.45, 2.75) is 67.9 Å². The first-order chi connectivity index (χ1) is 13.5. The Bertz CT molecular complexity index is 849. The van der Waals surface area contributed by atoms with E-state index >= 15 is 0 Å². The molecule has 0 spiro atoms. The Kier molecular flexibility index (Phi) is 9.17. The summed E-state index contributed by atoms with van der Waals surface area (Å²) in [6.45, 7) is 23.4. The summed E-state index contributed by atoms with van der Waals surface area (Å²) in [4.78, 5) is 2.44. The molecule has 0 fully saturated rings. The number of rotatable bonds is 8. The monoisotopic (exact) mass is 389 g/mol. The first-order valence-corrected chi connectivity index (χ1v) is 10.4. The van der Waals surface area contributed by atoms with Gasteiger partial charge in [-0.1, -0.05) is 54.7 Å². The molecule has 1 heteroatoms. The summed E-state index contributed by atoms with van der Waals surface area (Å²) in [5, 5.41) is 0. The summed E-state index contributed by atoms with van der Waals surface area (Å²) >= 11 is 0. The highest BCUT2D eigenvalue weighted by Crippen LogP contribution is 2.35. The van der Waals surface area contributed by atoms with Crippen molar-refractivity contribution < 1.29 is 0 Å². The van der Waals surface area contributed by atoms with Gasteiger partial charge in [-0.15, -0.1) is 0 Å². The summed E-state index contributed by atoms with van der Waals surface area (Å²) < 4.78 is 0. The molecule has 0 aliphatic rings. The normalized spacial score (nSPS) is 14.2. The molecule has 0 N–H and O–H groups in total. The van der Waals surface area contributed by atoms with Gasteiger partial charge in [-0.2, -0.15) is 0 Å². The highest BCUT2D eigenvalue weighted by molar-refractivity contribution is 5.61. The van der Waals surface area contributed by atoms with Crippen LogP contribution in [-0.2, 0) is 0 Å². The van der Waals surface area contributed by atoms with Crippen molar-refractivity contribution >= 4 is 5.69 Å². The SMILES string of the molecule is C=C(C)/C=C(C)\C=C(/C)N(c1cc(C)cc(C)c1)C(C)(C)C(/C=C\C)=C\C=C/C. The van der Waals surface area contributed by atoms with Crippen LogP contribution in [0, 0.1) is 13.8 Å². The molecule has 0 aliphatic carbocycles. The van der Waals surface area contributed by atoms with Crippen LogP contribution in [0.2, 0.25) is 0 Å².